The molecule has 8 nitrogen and oxygen atoms in total. The molecule has 2 aliphatic rings. The van der Waals surface area contributed by atoms with Gasteiger partial charge >= 0.3 is 12.1 Å². The van der Waals surface area contributed by atoms with Gasteiger partial charge in [0.2, 0.25) is 0 Å². The molecule has 2 atom stereocenters. The first-order valence-electron chi connectivity index (χ1n) is 13.1. The number of aromatic nitrogens is 3. The second-order valence-corrected chi connectivity index (χ2v) is 10.2. The Hall–Kier alpha value is -4.12. The fourth-order valence-electron chi connectivity index (χ4n) is 5.69. The van der Waals surface area contributed by atoms with Gasteiger partial charge in [0.15, 0.2) is 5.69 Å². The minimum Gasteiger partial charge on any atom is -0.486 e. The summed E-state index contributed by atoms with van der Waals surface area (Å²) in [6, 6.07) is 15.2. The van der Waals surface area contributed by atoms with Crippen LogP contribution in [0.5, 0.6) is 5.75 Å². The third kappa shape index (κ3) is 5.33. The molecule has 208 valence electrons. The van der Waals surface area contributed by atoms with Crippen LogP contribution in [0, 0.1) is 0 Å². The SMILES string of the molecule is O=C(O)C[C@@H](c1ccc(O[C@@H]2CCc3c(CN4CCn5cc(C(F)(F)F)nc5C4)cccc32)cc1)c1ccon1. The number of hydrogen-bond donors (Lipinski definition) is 1. The van der Waals surface area contributed by atoms with E-state index in [1.165, 1.54) is 11.8 Å². The van der Waals surface area contributed by atoms with E-state index < -0.39 is 23.8 Å². The highest BCUT2D eigenvalue weighted by atomic mass is 19.4. The predicted molar refractivity (Wildman–Crippen MR) is 137 cm³/mol. The summed E-state index contributed by atoms with van der Waals surface area (Å²) in [4.78, 5) is 17.4. The molecule has 11 heteroatoms. The molecule has 0 saturated heterocycles. The third-order valence-corrected chi connectivity index (χ3v) is 7.63. The fourth-order valence-corrected chi connectivity index (χ4v) is 5.69. The molecule has 0 amide bonds. The van der Waals surface area contributed by atoms with Gasteiger partial charge in [0.1, 0.15) is 23.9 Å². The van der Waals surface area contributed by atoms with E-state index in [1.807, 2.05) is 30.3 Å². The van der Waals surface area contributed by atoms with Crippen molar-refractivity contribution in [3.63, 3.8) is 0 Å². The average Bonchev–Trinajstić information content (AvgIpc) is 3.68. The Morgan fingerprint density at radius 1 is 1.15 bits per heavy atom. The normalized spacial score (nSPS) is 17.8. The van der Waals surface area contributed by atoms with Crippen molar-refractivity contribution >= 4 is 5.97 Å². The van der Waals surface area contributed by atoms with Crippen molar-refractivity contribution in [3.8, 4) is 5.75 Å². The Balaban J connectivity index is 1.14. The number of nitrogens with zero attached hydrogens (tertiary/aromatic N) is 4. The highest BCUT2D eigenvalue weighted by Gasteiger charge is 2.36. The minimum absolute atomic E-state index is 0.103. The van der Waals surface area contributed by atoms with E-state index in [0.29, 0.717) is 43.4 Å². The summed E-state index contributed by atoms with van der Waals surface area (Å²) in [5.74, 6) is -0.227. The molecule has 0 radical (unpaired) electrons. The first-order chi connectivity index (χ1) is 19.2. The van der Waals surface area contributed by atoms with E-state index in [-0.39, 0.29) is 12.5 Å². The molecule has 2 aromatic carbocycles. The molecule has 0 spiro atoms. The molecule has 6 rings (SSSR count). The lowest BCUT2D eigenvalue weighted by Crippen LogP contribution is -2.33. The maximum atomic E-state index is 13.1. The van der Waals surface area contributed by atoms with Crippen LogP contribution in [0.3, 0.4) is 0 Å². The van der Waals surface area contributed by atoms with Gasteiger partial charge in [0.05, 0.1) is 18.7 Å². The van der Waals surface area contributed by atoms with Gasteiger partial charge in [-0.1, -0.05) is 35.5 Å². The predicted octanol–water partition coefficient (Wildman–Crippen LogP) is 5.58. The molecule has 0 unspecified atom stereocenters. The van der Waals surface area contributed by atoms with Crippen molar-refractivity contribution in [1.29, 1.82) is 0 Å². The Kier molecular flexibility index (Phi) is 6.83. The van der Waals surface area contributed by atoms with Gasteiger partial charge in [-0.2, -0.15) is 13.2 Å². The smallest absolute Gasteiger partial charge is 0.434 e. The maximum absolute atomic E-state index is 13.1. The van der Waals surface area contributed by atoms with Crippen molar-refractivity contribution in [2.75, 3.05) is 6.54 Å². The van der Waals surface area contributed by atoms with Crippen LogP contribution >= 0.6 is 0 Å². The summed E-state index contributed by atoms with van der Waals surface area (Å²) in [6.07, 6.45) is -0.481. The molecule has 0 fully saturated rings. The van der Waals surface area contributed by atoms with Crippen LogP contribution in [0.4, 0.5) is 13.2 Å². The second kappa shape index (κ2) is 10.5. The number of hydrogen-bond acceptors (Lipinski definition) is 6. The number of rotatable bonds is 8. The van der Waals surface area contributed by atoms with Gasteiger partial charge in [-0.25, -0.2) is 4.98 Å². The zero-order chi connectivity index (χ0) is 27.9. The van der Waals surface area contributed by atoms with Crippen molar-refractivity contribution in [2.24, 2.45) is 0 Å². The third-order valence-electron chi connectivity index (χ3n) is 7.63. The summed E-state index contributed by atoms with van der Waals surface area (Å²) < 4.78 is 52.1. The van der Waals surface area contributed by atoms with Gasteiger partial charge in [-0.15, -0.1) is 0 Å². The number of carboxylic acids is 1. The van der Waals surface area contributed by atoms with Crippen LogP contribution in [-0.4, -0.2) is 37.2 Å². The van der Waals surface area contributed by atoms with Crippen LogP contribution in [0.25, 0.3) is 0 Å². The maximum Gasteiger partial charge on any atom is 0.434 e. The average molecular weight is 553 g/mol. The van der Waals surface area contributed by atoms with Crippen molar-refractivity contribution in [2.45, 2.75) is 57.1 Å². The number of carboxylic acid groups (broad SMARTS) is 1. The first kappa shape index (κ1) is 26.1. The van der Waals surface area contributed by atoms with Gasteiger partial charge in [-0.05, 0) is 47.2 Å². The monoisotopic (exact) mass is 552 g/mol. The number of fused-ring (bicyclic) bond motifs is 2. The topological polar surface area (TPSA) is 93.6 Å². The summed E-state index contributed by atoms with van der Waals surface area (Å²) in [5, 5.41) is 13.3. The highest BCUT2D eigenvalue weighted by molar-refractivity contribution is 5.68. The lowest BCUT2D eigenvalue weighted by Gasteiger charge is -2.28. The van der Waals surface area contributed by atoms with Crippen LogP contribution in [0.15, 0.2) is 65.5 Å². The molecule has 1 aliphatic carbocycles. The van der Waals surface area contributed by atoms with E-state index in [4.69, 9.17) is 9.26 Å². The summed E-state index contributed by atoms with van der Waals surface area (Å²) in [6.45, 7) is 2.11. The molecule has 4 aromatic rings. The van der Waals surface area contributed by atoms with Gasteiger partial charge < -0.3 is 18.9 Å². The lowest BCUT2D eigenvalue weighted by molar-refractivity contribution is -0.141. The van der Waals surface area contributed by atoms with E-state index in [9.17, 15) is 23.1 Å². The molecule has 40 heavy (non-hydrogen) atoms. The van der Waals surface area contributed by atoms with Crippen LogP contribution < -0.4 is 4.74 Å². The zero-order valence-electron chi connectivity index (χ0n) is 21.5. The Morgan fingerprint density at radius 3 is 2.70 bits per heavy atom. The van der Waals surface area contributed by atoms with E-state index >= 15 is 0 Å². The molecule has 0 saturated carbocycles. The zero-order valence-corrected chi connectivity index (χ0v) is 21.5. The van der Waals surface area contributed by atoms with Gasteiger partial charge in [0, 0.05) is 37.8 Å². The van der Waals surface area contributed by atoms with Crippen molar-refractivity contribution in [3.05, 3.63) is 100 Å². The van der Waals surface area contributed by atoms with Crippen LogP contribution in [0.1, 0.15) is 64.3 Å². The highest BCUT2D eigenvalue weighted by Crippen LogP contribution is 2.38. The second-order valence-electron chi connectivity index (χ2n) is 10.2. The largest absolute Gasteiger partial charge is 0.486 e. The molecule has 0 bridgehead atoms. The van der Waals surface area contributed by atoms with Gasteiger partial charge in [0.25, 0.3) is 0 Å². The lowest BCUT2D eigenvalue weighted by atomic mass is 9.92. The number of aliphatic carboxylic acids is 1. The summed E-state index contributed by atoms with van der Waals surface area (Å²) >= 11 is 0. The standard InChI is InChI=1S/C29H27F3N4O4/c30-29(31,32)26-16-36-12-11-35(17-27(36)33-26)15-19-2-1-3-22-21(19)8-9-25(22)40-20-6-4-18(5-7-20)23(14-28(37)38)24-10-13-39-34-24/h1-7,10,13,16,23,25H,8-9,11-12,14-15,17H2,(H,37,38)/t23-,25+/m0/s1. The van der Waals surface area contributed by atoms with E-state index in [2.05, 4.69) is 27.2 Å². The number of ether oxygens (including phenoxy) is 1. The summed E-state index contributed by atoms with van der Waals surface area (Å²) in [5.41, 5.74) is 4.02. The molecule has 1 aliphatic heterocycles. The Labute approximate surface area is 228 Å². The molecular weight excluding hydrogens is 525 g/mol. The molecule has 1 N–H and O–H groups in total. The van der Waals surface area contributed by atoms with E-state index in [1.54, 1.807) is 10.6 Å². The quantitative estimate of drug-likeness (QED) is 0.305. The van der Waals surface area contributed by atoms with Crippen LogP contribution in [-0.2, 0) is 37.0 Å². The Morgan fingerprint density at radius 2 is 1.98 bits per heavy atom. The Bertz CT molecular complexity index is 1500. The van der Waals surface area contributed by atoms with Crippen molar-refractivity contribution < 1.29 is 32.3 Å². The number of benzene rings is 2. The minimum atomic E-state index is -4.44. The summed E-state index contributed by atoms with van der Waals surface area (Å²) in [7, 11) is 0. The van der Waals surface area contributed by atoms with Crippen molar-refractivity contribution in [1.82, 2.24) is 19.6 Å². The number of halogens is 3. The molecule has 2 aromatic heterocycles. The fraction of sp³-hybridized carbons (Fsp3) is 0.345. The molecule has 3 heterocycles. The van der Waals surface area contributed by atoms with Crippen LogP contribution in [0.2, 0.25) is 0 Å². The first-order valence-corrected chi connectivity index (χ1v) is 13.1. The molecular formula is C29H27F3N4O4. The number of imidazole rings is 1. The number of carbonyl (C=O) groups is 1. The number of alkyl halides is 3. The van der Waals surface area contributed by atoms with Gasteiger partial charge in [-0.3, -0.25) is 9.69 Å². The van der Waals surface area contributed by atoms with E-state index in [0.717, 1.165) is 35.7 Å².